The molecule has 4 rings (SSSR count). The van der Waals surface area contributed by atoms with Crippen molar-refractivity contribution in [1.82, 2.24) is 0 Å². The maximum atomic E-state index is 14.2. The molecule has 0 N–H and O–H groups in total. The van der Waals surface area contributed by atoms with Gasteiger partial charge in [0.15, 0.2) is 23.3 Å². The number of carbonyl (C=O) groups is 1. The molecule has 7 nitrogen and oxygen atoms in total. The van der Waals surface area contributed by atoms with E-state index >= 15 is 0 Å². The zero-order chi connectivity index (χ0) is 24.9. The molecule has 12 heteroatoms. The van der Waals surface area contributed by atoms with Crippen LogP contribution in [0.1, 0.15) is 18.2 Å². The summed E-state index contributed by atoms with van der Waals surface area (Å²) >= 11 is 0. The van der Waals surface area contributed by atoms with Crippen molar-refractivity contribution in [3.05, 3.63) is 86.4 Å². The van der Waals surface area contributed by atoms with Crippen LogP contribution in [0.4, 0.5) is 33.3 Å². The Balaban J connectivity index is 1.72. The van der Waals surface area contributed by atoms with E-state index in [-0.39, 0.29) is 39.1 Å². The third kappa shape index (κ3) is 3.62. The number of hydrazone groups is 1. The third-order valence-corrected chi connectivity index (χ3v) is 4.99. The summed E-state index contributed by atoms with van der Waals surface area (Å²) in [6.45, 7) is 2.96. The van der Waals surface area contributed by atoms with Gasteiger partial charge in [0.2, 0.25) is 5.82 Å². The first-order valence-electron chi connectivity index (χ1n) is 9.49. The summed E-state index contributed by atoms with van der Waals surface area (Å²) in [5.74, 6) is -12.3. The van der Waals surface area contributed by atoms with Crippen LogP contribution in [-0.4, -0.2) is 16.5 Å². The zero-order valence-corrected chi connectivity index (χ0v) is 17.3. The molecule has 0 fully saturated rings. The van der Waals surface area contributed by atoms with Crippen molar-refractivity contribution in [3.8, 4) is 11.3 Å². The number of hydrogen-bond acceptors (Lipinski definition) is 5. The molecule has 0 saturated carbocycles. The second kappa shape index (κ2) is 8.21. The molecule has 0 bridgehead atoms. The molecule has 0 radical (unpaired) electrons. The summed E-state index contributed by atoms with van der Waals surface area (Å²) in [4.78, 5) is 23.5. The Bertz CT molecular complexity index is 1420. The molecule has 1 amide bonds. The number of nitrogens with zero attached hydrogens (tertiary/aromatic N) is 3. The SMILES string of the molecule is CC1=NN(c2c(F)c(F)c(F)c(F)c2F)C(=O)/C1=C\c1ccc(-c2ccc(C)cc2[N+](=O)[O-])o1. The Kier molecular flexibility index (Phi) is 5.51. The van der Waals surface area contributed by atoms with Crippen LogP contribution in [0, 0.1) is 46.1 Å². The van der Waals surface area contributed by atoms with Gasteiger partial charge in [-0.05, 0) is 43.7 Å². The van der Waals surface area contributed by atoms with Crippen molar-refractivity contribution < 1.29 is 36.1 Å². The van der Waals surface area contributed by atoms with Gasteiger partial charge in [-0.3, -0.25) is 14.9 Å². The second-order valence-corrected chi connectivity index (χ2v) is 7.26. The van der Waals surface area contributed by atoms with Crippen LogP contribution in [0.15, 0.2) is 45.4 Å². The molecule has 2 aromatic carbocycles. The van der Waals surface area contributed by atoms with Gasteiger partial charge >= 0.3 is 0 Å². The molecule has 0 saturated heterocycles. The Labute approximate surface area is 187 Å². The van der Waals surface area contributed by atoms with Crippen LogP contribution in [0.2, 0.25) is 0 Å². The summed E-state index contributed by atoms with van der Waals surface area (Å²) in [7, 11) is 0. The molecule has 1 aromatic heterocycles. The average Bonchev–Trinajstić information content (AvgIpc) is 3.37. The van der Waals surface area contributed by atoms with Crippen molar-refractivity contribution in [2.24, 2.45) is 5.10 Å². The highest BCUT2D eigenvalue weighted by Gasteiger charge is 2.37. The van der Waals surface area contributed by atoms with E-state index in [2.05, 4.69) is 5.10 Å². The van der Waals surface area contributed by atoms with Gasteiger partial charge in [-0.15, -0.1) is 0 Å². The van der Waals surface area contributed by atoms with Crippen LogP contribution < -0.4 is 5.01 Å². The average molecular weight is 477 g/mol. The van der Waals surface area contributed by atoms with Gasteiger partial charge in [-0.1, -0.05) is 6.07 Å². The molecule has 0 spiro atoms. The standard InChI is InChI=1S/C22H12F5N3O4/c1-9-3-5-12(14(7-9)30(32)33)15-6-4-11(34-15)8-13-10(2)28-29(22(13)31)21-19(26)17(24)16(23)18(25)20(21)27/h3-8H,1-2H3/b13-8-. The summed E-state index contributed by atoms with van der Waals surface area (Å²) in [5.41, 5.74) is -1.23. The van der Waals surface area contributed by atoms with Gasteiger partial charge in [0.05, 0.1) is 21.8 Å². The number of benzene rings is 2. The van der Waals surface area contributed by atoms with E-state index in [1.54, 1.807) is 13.0 Å². The molecular formula is C22H12F5N3O4. The highest BCUT2D eigenvalue weighted by atomic mass is 19.2. The minimum Gasteiger partial charge on any atom is -0.456 e. The fourth-order valence-electron chi connectivity index (χ4n) is 3.33. The largest absolute Gasteiger partial charge is 0.456 e. The molecule has 2 heterocycles. The maximum Gasteiger partial charge on any atom is 0.280 e. The molecule has 1 aliphatic heterocycles. The van der Waals surface area contributed by atoms with E-state index in [1.165, 1.54) is 31.2 Å². The summed E-state index contributed by atoms with van der Waals surface area (Å²) < 4.78 is 74.4. The number of rotatable bonds is 4. The van der Waals surface area contributed by atoms with Crippen molar-refractivity contribution in [2.45, 2.75) is 13.8 Å². The van der Waals surface area contributed by atoms with E-state index in [1.807, 2.05) is 0 Å². The van der Waals surface area contributed by atoms with Crippen molar-refractivity contribution in [3.63, 3.8) is 0 Å². The van der Waals surface area contributed by atoms with Crippen molar-refractivity contribution in [2.75, 3.05) is 5.01 Å². The predicted molar refractivity (Wildman–Crippen MR) is 110 cm³/mol. The van der Waals surface area contributed by atoms with Crippen LogP contribution in [-0.2, 0) is 4.79 Å². The molecular weight excluding hydrogens is 465 g/mol. The van der Waals surface area contributed by atoms with Gasteiger partial charge < -0.3 is 4.42 Å². The molecule has 0 atom stereocenters. The molecule has 1 aliphatic rings. The molecule has 0 unspecified atom stereocenters. The summed E-state index contributed by atoms with van der Waals surface area (Å²) in [6, 6.07) is 7.28. The van der Waals surface area contributed by atoms with Crippen LogP contribution in [0.25, 0.3) is 17.4 Å². The highest BCUT2D eigenvalue weighted by Crippen LogP contribution is 2.35. The monoisotopic (exact) mass is 477 g/mol. The Morgan fingerprint density at radius 1 is 0.971 bits per heavy atom. The van der Waals surface area contributed by atoms with Crippen LogP contribution >= 0.6 is 0 Å². The highest BCUT2D eigenvalue weighted by molar-refractivity contribution is 6.32. The van der Waals surface area contributed by atoms with E-state index in [0.29, 0.717) is 5.56 Å². The molecule has 34 heavy (non-hydrogen) atoms. The first-order valence-corrected chi connectivity index (χ1v) is 9.49. The molecule has 174 valence electrons. The van der Waals surface area contributed by atoms with Crippen molar-refractivity contribution in [1.29, 1.82) is 0 Å². The predicted octanol–water partition coefficient (Wildman–Crippen LogP) is 5.66. The number of carbonyl (C=O) groups excluding carboxylic acids is 1. The maximum absolute atomic E-state index is 14.2. The van der Waals surface area contributed by atoms with Crippen LogP contribution in [0.3, 0.4) is 0 Å². The number of aryl methyl sites for hydroxylation is 1. The van der Waals surface area contributed by atoms with E-state index < -0.39 is 45.6 Å². The van der Waals surface area contributed by atoms with Gasteiger partial charge in [-0.25, -0.2) is 22.0 Å². The lowest BCUT2D eigenvalue weighted by Crippen LogP contribution is -2.25. The Morgan fingerprint density at radius 3 is 2.21 bits per heavy atom. The lowest BCUT2D eigenvalue weighted by molar-refractivity contribution is -0.384. The topological polar surface area (TPSA) is 89.0 Å². The fourth-order valence-corrected chi connectivity index (χ4v) is 3.33. The number of halogens is 5. The minimum absolute atomic E-state index is 0.0297. The van der Waals surface area contributed by atoms with E-state index in [0.717, 1.165) is 6.08 Å². The van der Waals surface area contributed by atoms with Gasteiger partial charge in [-0.2, -0.15) is 10.1 Å². The number of hydrogen-bond donors (Lipinski definition) is 0. The first kappa shape index (κ1) is 22.8. The number of anilines is 1. The number of nitro groups is 1. The van der Waals surface area contributed by atoms with Crippen LogP contribution in [0.5, 0.6) is 0 Å². The second-order valence-electron chi connectivity index (χ2n) is 7.26. The third-order valence-electron chi connectivity index (χ3n) is 4.99. The lowest BCUT2D eigenvalue weighted by Gasteiger charge is -2.14. The normalized spacial score (nSPS) is 14.8. The van der Waals surface area contributed by atoms with Gasteiger partial charge in [0.25, 0.3) is 11.6 Å². The van der Waals surface area contributed by atoms with E-state index in [9.17, 15) is 36.9 Å². The van der Waals surface area contributed by atoms with Gasteiger partial charge in [0, 0.05) is 6.07 Å². The van der Waals surface area contributed by atoms with Gasteiger partial charge in [0.1, 0.15) is 17.2 Å². The first-order chi connectivity index (χ1) is 16.0. The minimum atomic E-state index is -2.37. The zero-order valence-electron chi connectivity index (χ0n) is 17.3. The smallest absolute Gasteiger partial charge is 0.280 e. The fraction of sp³-hybridized carbons (Fsp3) is 0.0909. The molecule has 3 aromatic rings. The lowest BCUT2D eigenvalue weighted by atomic mass is 10.1. The molecule has 0 aliphatic carbocycles. The number of furan rings is 1. The van der Waals surface area contributed by atoms with E-state index in [4.69, 9.17) is 4.42 Å². The quantitative estimate of drug-likeness (QED) is 0.121. The number of nitro benzene ring substituents is 1. The van der Waals surface area contributed by atoms with Crippen molar-refractivity contribution >= 4 is 29.1 Å². The Morgan fingerprint density at radius 2 is 1.59 bits per heavy atom. The Hall–Kier alpha value is -4.35. The summed E-state index contributed by atoms with van der Waals surface area (Å²) in [6.07, 6.45) is 1.14. The number of amides is 1. The summed E-state index contributed by atoms with van der Waals surface area (Å²) in [5, 5.41) is 15.1.